The number of carbonyl (C=O) groups excluding carboxylic acids is 1. The molecular formula is C21H25N7O2. The minimum absolute atomic E-state index is 0.0238. The molecule has 156 valence electrons. The van der Waals surface area contributed by atoms with Crippen molar-refractivity contribution in [1.82, 2.24) is 25.2 Å². The average Bonchev–Trinajstić information content (AvgIpc) is 3.17. The molecule has 4 rings (SSSR count). The zero-order chi connectivity index (χ0) is 21.1. The largest absolute Gasteiger partial charge is 0.398 e. The first-order valence-corrected chi connectivity index (χ1v) is 9.91. The molecule has 1 fully saturated rings. The van der Waals surface area contributed by atoms with Crippen LogP contribution in [0.4, 0.5) is 5.69 Å². The lowest BCUT2D eigenvalue weighted by Gasteiger charge is -2.29. The molecule has 2 aromatic heterocycles. The van der Waals surface area contributed by atoms with Gasteiger partial charge in [-0.25, -0.2) is 4.98 Å². The van der Waals surface area contributed by atoms with Crippen LogP contribution < -0.4 is 11.1 Å². The van der Waals surface area contributed by atoms with Crippen LogP contribution in [0.1, 0.15) is 28.7 Å². The van der Waals surface area contributed by atoms with Crippen molar-refractivity contribution in [3.8, 4) is 0 Å². The third kappa shape index (κ3) is 4.32. The van der Waals surface area contributed by atoms with Crippen LogP contribution in [0.2, 0.25) is 0 Å². The zero-order valence-electron chi connectivity index (χ0n) is 16.8. The number of imidazole rings is 1. The molecule has 9 heteroatoms. The first-order valence-electron chi connectivity index (χ1n) is 9.91. The van der Waals surface area contributed by atoms with Gasteiger partial charge in [0.25, 0.3) is 5.91 Å². The number of fused-ring (bicyclic) bond motifs is 1. The smallest absolute Gasteiger partial charge is 0.287 e. The number of ether oxygens (including phenoxy) is 1. The Balaban J connectivity index is 1.50. The van der Waals surface area contributed by atoms with Gasteiger partial charge in [-0.05, 0) is 31.2 Å². The van der Waals surface area contributed by atoms with E-state index in [1.54, 1.807) is 36.7 Å². The van der Waals surface area contributed by atoms with Gasteiger partial charge in [0.1, 0.15) is 0 Å². The number of benzene rings is 1. The van der Waals surface area contributed by atoms with E-state index >= 15 is 0 Å². The first kappa shape index (κ1) is 20.0. The molecular weight excluding hydrogens is 382 g/mol. The number of H-pyrrole nitrogens is 1. The number of nitrogens with two attached hydrogens (primary N) is 1. The summed E-state index contributed by atoms with van der Waals surface area (Å²) in [7, 11) is 0. The number of morpholine rings is 1. The fourth-order valence-corrected chi connectivity index (χ4v) is 3.58. The molecule has 3 aromatic rings. The van der Waals surface area contributed by atoms with Gasteiger partial charge in [0, 0.05) is 54.9 Å². The molecule has 1 atom stereocenters. The lowest BCUT2D eigenvalue weighted by atomic mass is 10.0. The summed E-state index contributed by atoms with van der Waals surface area (Å²) in [6.07, 6.45) is 3.27. The van der Waals surface area contributed by atoms with Crippen LogP contribution in [-0.2, 0) is 4.74 Å². The van der Waals surface area contributed by atoms with Crippen molar-refractivity contribution in [3.63, 3.8) is 0 Å². The Morgan fingerprint density at radius 1 is 1.33 bits per heavy atom. The summed E-state index contributed by atoms with van der Waals surface area (Å²) in [6, 6.07) is 6.93. The summed E-state index contributed by atoms with van der Waals surface area (Å²) in [6.45, 7) is 5.93. The van der Waals surface area contributed by atoms with Crippen LogP contribution in [0.3, 0.4) is 0 Å². The van der Waals surface area contributed by atoms with Gasteiger partial charge in [0.05, 0.1) is 30.0 Å². The van der Waals surface area contributed by atoms with Gasteiger partial charge in [-0.3, -0.25) is 20.1 Å². The number of hydrogen-bond donors (Lipinski definition) is 4. The van der Waals surface area contributed by atoms with Gasteiger partial charge in [0.2, 0.25) is 0 Å². The van der Waals surface area contributed by atoms with Crippen LogP contribution in [0.5, 0.6) is 0 Å². The molecule has 1 amide bonds. The Morgan fingerprint density at radius 3 is 2.80 bits per heavy atom. The Hall–Kier alpha value is -3.30. The monoisotopic (exact) mass is 407 g/mol. The van der Waals surface area contributed by atoms with E-state index in [9.17, 15) is 4.79 Å². The number of aromatic amines is 1. The van der Waals surface area contributed by atoms with Gasteiger partial charge < -0.3 is 20.8 Å². The molecule has 1 saturated heterocycles. The van der Waals surface area contributed by atoms with Gasteiger partial charge >= 0.3 is 0 Å². The Labute approximate surface area is 174 Å². The van der Waals surface area contributed by atoms with Gasteiger partial charge in [-0.1, -0.05) is 0 Å². The number of carbonyl (C=O) groups is 1. The maximum absolute atomic E-state index is 12.7. The Morgan fingerprint density at radius 2 is 2.07 bits per heavy atom. The van der Waals surface area contributed by atoms with E-state index in [4.69, 9.17) is 15.9 Å². The van der Waals surface area contributed by atoms with Crippen LogP contribution in [0, 0.1) is 5.41 Å². The standard InChI is InChI=1S/C21H25N7O2/c1-13(12-28-6-8-30-9-7-28)25-21(29)20-26-17-10-15(16(22)11-18(17)27-20)19(23)14-2-4-24-5-3-14/h2-5,10-11,13,23H,6-9,12,22H2,1H3,(H,25,29)(H,26,27). The lowest BCUT2D eigenvalue weighted by molar-refractivity contribution is 0.0342. The number of nitrogens with zero attached hydrogens (tertiary/aromatic N) is 3. The van der Waals surface area contributed by atoms with Crippen LogP contribution in [-0.4, -0.2) is 70.4 Å². The van der Waals surface area contributed by atoms with E-state index in [-0.39, 0.29) is 23.5 Å². The molecule has 1 unspecified atom stereocenters. The number of aromatic nitrogens is 3. The highest BCUT2D eigenvalue weighted by Gasteiger charge is 2.19. The van der Waals surface area contributed by atoms with Crippen LogP contribution >= 0.6 is 0 Å². The number of rotatable bonds is 6. The second-order valence-electron chi connectivity index (χ2n) is 7.44. The number of nitrogen functional groups attached to an aromatic ring is 1. The molecule has 30 heavy (non-hydrogen) atoms. The van der Waals surface area contributed by atoms with Gasteiger partial charge in [-0.2, -0.15) is 0 Å². The molecule has 1 aliphatic heterocycles. The van der Waals surface area contributed by atoms with Crippen molar-refractivity contribution in [2.24, 2.45) is 0 Å². The highest BCUT2D eigenvalue weighted by atomic mass is 16.5. The Bertz CT molecular complexity index is 1060. The molecule has 1 aliphatic rings. The Kier molecular flexibility index (Phi) is 5.73. The molecule has 0 aliphatic carbocycles. The number of amides is 1. The third-order valence-electron chi connectivity index (χ3n) is 5.12. The average molecular weight is 407 g/mol. The van der Waals surface area contributed by atoms with Crippen LogP contribution in [0.25, 0.3) is 11.0 Å². The molecule has 5 N–H and O–H groups in total. The summed E-state index contributed by atoms with van der Waals surface area (Å²) in [5.74, 6) is -0.0397. The maximum Gasteiger partial charge on any atom is 0.287 e. The van der Waals surface area contributed by atoms with E-state index in [0.29, 0.717) is 27.8 Å². The molecule has 0 bridgehead atoms. The third-order valence-corrected chi connectivity index (χ3v) is 5.12. The van der Waals surface area contributed by atoms with E-state index < -0.39 is 0 Å². The number of hydrogen-bond acceptors (Lipinski definition) is 7. The molecule has 0 spiro atoms. The molecule has 0 saturated carbocycles. The van der Waals surface area contributed by atoms with Crippen molar-refractivity contribution >= 4 is 28.3 Å². The summed E-state index contributed by atoms with van der Waals surface area (Å²) >= 11 is 0. The summed E-state index contributed by atoms with van der Waals surface area (Å²) in [4.78, 5) is 26.4. The SMILES string of the molecule is CC(CN1CCOCC1)NC(=O)c1nc2cc(C(=N)c3ccncc3)c(N)cc2[nH]1. The van der Waals surface area contributed by atoms with Gasteiger partial charge in [-0.15, -0.1) is 0 Å². The predicted octanol–water partition coefficient (Wildman–Crippen LogP) is 1.41. The van der Waals surface area contributed by atoms with Crippen molar-refractivity contribution in [3.05, 3.63) is 53.6 Å². The maximum atomic E-state index is 12.7. The lowest BCUT2D eigenvalue weighted by Crippen LogP contribution is -2.46. The molecule has 0 radical (unpaired) electrons. The zero-order valence-corrected chi connectivity index (χ0v) is 16.8. The highest BCUT2D eigenvalue weighted by molar-refractivity contribution is 6.15. The normalized spacial score (nSPS) is 15.8. The van der Waals surface area contributed by atoms with Crippen molar-refractivity contribution < 1.29 is 9.53 Å². The summed E-state index contributed by atoms with van der Waals surface area (Å²) < 4.78 is 5.36. The van der Waals surface area contributed by atoms with E-state index in [2.05, 4.69) is 25.2 Å². The number of pyridine rings is 1. The topological polar surface area (TPSA) is 133 Å². The molecule has 1 aromatic carbocycles. The van der Waals surface area contributed by atoms with Crippen molar-refractivity contribution in [2.45, 2.75) is 13.0 Å². The number of anilines is 1. The quantitative estimate of drug-likeness (QED) is 0.361. The van der Waals surface area contributed by atoms with E-state index in [0.717, 1.165) is 32.8 Å². The number of nitrogens with one attached hydrogen (secondary N) is 3. The van der Waals surface area contributed by atoms with Gasteiger partial charge in [0.15, 0.2) is 5.82 Å². The minimum atomic E-state index is -0.267. The van der Waals surface area contributed by atoms with E-state index in [1.165, 1.54) is 0 Å². The van der Waals surface area contributed by atoms with Crippen molar-refractivity contribution in [2.75, 3.05) is 38.6 Å². The summed E-state index contributed by atoms with van der Waals surface area (Å²) in [5, 5.41) is 11.4. The molecule has 9 nitrogen and oxygen atoms in total. The first-order chi connectivity index (χ1) is 14.5. The predicted molar refractivity (Wildman–Crippen MR) is 115 cm³/mol. The highest BCUT2D eigenvalue weighted by Crippen LogP contribution is 2.23. The fourth-order valence-electron chi connectivity index (χ4n) is 3.58. The fraction of sp³-hybridized carbons (Fsp3) is 0.333. The minimum Gasteiger partial charge on any atom is -0.398 e. The van der Waals surface area contributed by atoms with Crippen LogP contribution in [0.15, 0.2) is 36.7 Å². The molecule has 3 heterocycles. The summed E-state index contributed by atoms with van der Waals surface area (Å²) in [5.41, 5.74) is 9.42. The van der Waals surface area contributed by atoms with E-state index in [1.807, 2.05) is 6.92 Å². The second-order valence-corrected chi connectivity index (χ2v) is 7.44. The van der Waals surface area contributed by atoms with Crippen molar-refractivity contribution in [1.29, 1.82) is 5.41 Å². The second kappa shape index (κ2) is 8.60.